The van der Waals surface area contributed by atoms with Crippen LogP contribution >= 0.6 is 35.3 Å². The van der Waals surface area contributed by atoms with E-state index in [0.717, 1.165) is 48.4 Å². The summed E-state index contributed by atoms with van der Waals surface area (Å²) >= 11 is 1.69. The maximum absolute atomic E-state index is 5.74. The number of aryl methyl sites for hydroxylation is 1. The predicted molar refractivity (Wildman–Crippen MR) is 126 cm³/mol. The molecule has 0 atom stereocenters. The first-order chi connectivity index (χ1) is 12.6. The molecule has 0 saturated heterocycles. The minimum atomic E-state index is 0. The summed E-state index contributed by atoms with van der Waals surface area (Å²) in [5.74, 6) is 2.22. The van der Waals surface area contributed by atoms with Crippen molar-refractivity contribution < 1.29 is 4.74 Å². The molecule has 0 spiro atoms. The van der Waals surface area contributed by atoms with Crippen LogP contribution in [-0.4, -0.2) is 31.1 Å². The molecular weight excluding hydrogens is 471 g/mol. The highest BCUT2D eigenvalue weighted by atomic mass is 127. The monoisotopic (exact) mass is 502 g/mol. The van der Waals surface area contributed by atoms with Gasteiger partial charge in [0.05, 0.1) is 18.8 Å². The summed E-state index contributed by atoms with van der Waals surface area (Å²) in [6.07, 6.45) is 2.03. The minimum absolute atomic E-state index is 0. The molecule has 27 heavy (non-hydrogen) atoms. The van der Waals surface area contributed by atoms with E-state index in [1.54, 1.807) is 18.4 Å². The van der Waals surface area contributed by atoms with E-state index in [4.69, 9.17) is 4.74 Å². The molecular formula is C20H31IN4OS. The van der Waals surface area contributed by atoms with Crippen LogP contribution in [0.15, 0.2) is 34.6 Å². The molecule has 0 aliphatic carbocycles. The first-order valence-electron chi connectivity index (χ1n) is 9.16. The Bertz CT molecular complexity index is 686. The Kier molecular flexibility index (Phi) is 11.3. The zero-order valence-corrected chi connectivity index (χ0v) is 19.8. The first-order valence-corrected chi connectivity index (χ1v) is 10.0. The summed E-state index contributed by atoms with van der Waals surface area (Å²) in [5.41, 5.74) is 2.40. The number of hydrogen-bond acceptors (Lipinski definition) is 4. The van der Waals surface area contributed by atoms with Crippen molar-refractivity contribution in [1.29, 1.82) is 0 Å². The number of unbranched alkanes of at least 4 members (excludes halogenated alkanes) is 1. The lowest BCUT2D eigenvalue weighted by Gasteiger charge is -2.11. The standard InChI is InChI=1S/C20H30N4OS.HI/c1-15(2)18-14-26-19(24-18)13-23-20(21-4)22-11-5-6-12-25-17-9-7-16(3)8-10-17;/h7-10,14-15H,5-6,11-13H2,1-4H3,(H2,21,22,23);1H. The van der Waals surface area contributed by atoms with Gasteiger partial charge in [-0.2, -0.15) is 0 Å². The average molecular weight is 502 g/mol. The van der Waals surface area contributed by atoms with Crippen molar-refractivity contribution in [2.45, 2.75) is 46.1 Å². The third-order valence-electron chi connectivity index (χ3n) is 3.94. The Labute approximate surface area is 184 Å². The third kappa shape index (κ3) is 8.92. The van der Waals surface area contributed by atoms with Crippen molar-refractivity contribution in [2.75, 3.05) is 20.2 Å². The highest BCUT2D eigenvalue weighted by molar-refractivity contribution is 14.0. The van der Waals surface area contributed by atoms with Gasteiger partial charge in [0.15, 0.2) is 5.96 Å². The van der Waals surface area contributed by atoms with Crippen LogP contribution in [0.3, 0.4) is 0 Å². The molecule has 0 fully saturated rings. The summed E-state index contributed by atoms with van der Waals surface area (Å²) in [5, 5.41) is 9.87. The van der Waals surface area contributed by atoms with Crippen LogP contribution in [-0.2, 0) is 6.54 Å². The number of aromatic nitrogens is 1. The lowest BCUT2D eigenvalue weighted by molar-refractivity contribution is 0.307. The Morgan fingerprint density at radius 3 is 2.56 bits per heavy atom. The van der Waals surface area contributed by atoms with Gasteiger partial charge < -0.3 is 15.4 Å². The van der Waals surface area contributed by atoms with E-state index in [9.17, 15) is 0 Å². The van der Waals surface area contributed by atoms with E-state index in [2.05, 4.69) is 58.9 Å². The summed E-state index contributed by atoms with van der Waals surface area (Å²) in [6, 6.07) is 8.17. The van der Waals surface area contributed by atoms with Crippen LogP contribution in [0.25, 0.3) is 0 Å². The van der Waals surface area contributed by atoms with Crippen molar-refractivity contribution in [3.05, 3.63) is 45.9 Å². The Hall–Kier alpha value is -1.35. The van der Waals surface area contributed by atoms with Gasteiger partial charge >= 0.3 is 0 Å². The van der Waals surface area contributed by atoms with Gasteiger partial charge in [0, 0.05) is 19.0 Å². The minimum Gasteiger partial charge on any atom is -0.494 e. The topological polar surface area (TPSA) is 58.5 Å². The van der Waals surface area contributed by atoms with Crippen molar-refractivity contribution in [3.63, 3.8) is 0 Å². The number of aliphatic imine (C=N–C) groups is 1. The number of ether oxygens (including phenoxy) is 1. The molecule has 0 amide bonds. The second-order valence-electron chi connectivity index (χ2n) is 6.54. The Morgan fingerprint density at radius 1 is 1.19 bits per heavy atom. The van der Waals surface area contributed by atoms with Crippen molar-refractivity contribution >= 4 is 41.3 Å². The number of nitrogens with one attached hydrogen (secondary N) is 2. The largest absolute Gasteiger partial charge is 0.494 e. The second-order valence-corrected chi connectivity index (χ2v) is 7.48. The van der Waals surface area contributed by atoms with E-state index < -0.39 is 0 Å². The molecule has 0 aliphatic heterocycles. The number of hydrogen-bond donors (Lipinski definition) is 2. The van der Waals surface area contributed by atoms with E-state index >= 15 is 0 Å². The molecule has 2 N–H and O–H groups in total. The lowest BCUT2D eigenvalue weighted by atomic mass is 10.2. The number of benzene rings is 1. The second kappa shape index (κ2) is 12.9. The smallest absolute Gasteiger partial charge is 0.191 e. The molecule has 0 aliphatic rings. The fraction of sp³-hybridized carbons (Fsp3) is 0.500. The van der Waals surface area contributed by atoms with Gasteiger partial charge in [0.1, 0.15) is 10.8 Å². The summed E-state index contributed by atoms with van der Waals surface area (Å²) in [6.45, 7) is 8.70. The van der Waals surface area contributed by atoms with Crippen LogP contribution in [0, 0.1) is 6.92 Å². The molecule has 2 rings (SSSR count). The van der Waals surface area contributed by atoms with Gasteiger partial charge in [0.2, 0.25) is 0 Å². The van der Waals surface area contributed by atoms with Gasteiger partial charge in [-0.3, -0.25) is 4.99 Å². The SMILES string of the molecule is CN=C(NCCCCOc1ccc(C)cc1)NCc1nc(C(C)C)cs1.I. The molecule has 150 valence electrons. The molecule has 5 nitrogen and oxygen atoms in total. The van der Waals surface area contributed by atoms with Gasteiger partial charge in [-0.05, 0) is 37.8 Å². The van der Waals surface area contributed by atoms with Crippen molar-refractivity contribution in [3.8, 4) is 5.75 Å². The highest BCUT2D eigenvalue weighted by Gasteiger charge is 2.06. The van der Waals surface area contributed by atoms with Gasteiger partial charge in [0.25, 0.3) is 0 Å². The summed E-state index contributed by atoms with van der Waals surface area (Å²) in [4.78, 5) is 8.89. The normalized spacial score (nSPS) is 11.2. The van der Waals surface area contributed by atoms with Gasteiger partial charge in [-0.15, -0.1) is 35.3 Å². The highest BCUT2D eigenvalue weighted by Crippen LogP contribution is 2.17. The lowest BCUT2D eigenvalue weighted by Crippen LogP contribution is -2.37. The number of thiazole rings is 1. The van der Waals surface area contributed by atoms with Crippen molar-refractivity contribution in [1.82, 2.24) is 15.6 Å². The van der Waals surface area contributed by atoms with E-state index in [-0.39, 0.29) is 24.0 Å². The molecule has 0 radical (unpaired) electrons. The van der Waals surface area contributed by atoms with Gasteiger partial charge in [-0.25, -0.2) is 4.98 Å². The van der Waals surface area contributed by atoms with E-state index in [1.165, 1.54) is 5.56 Å². The third-order valence-corrected chi connectivity index (χ3v) is 4.81. The molecule has 7 heteroatoms. The number of guanidine groups is 1. The molecule has 1 heterocycles. The van der Waals surface area contributed by atoms with Crippen LogP contribution in [0.1, 0.15) is 48.9 Å². The Morgan fingerprint density at radius 2 is 1.93 bits per heavy atom. The summed E-state index contributed by atoms with van der Waals surface area (Å²) in [7, 11) is 1.79. The van der Waals surface area contributed by atoms with E-state index in [1.807, 2.05) is 12.1 Å². The fourth-order valence-electron chi connectivity index (χ4n) is 2.31. The van der Waals surface area contributed by atoms with E-state index in [0.29, 0.717) is 12.5 Å². The molecule has 0 saturated carbocycles. The number of halogens is 1. The van der Waals surface area contributed by atoms with Crippen LogP contribution in [0.2, 0.25) is 0 Å². The molecule has 2 aromatic rings. The molecule has 1 aromatic carbocycles. The fourth-order valence-corrected chi connectivity index (χ4v) is 3.21. The van der Waals surface area contributed by atoms with Crippen LogP contribution in [0.5, 0.6) is 5.75 Å². The van der Waals surface area contributed by atoms with Crippen LogP contribution < -0.4 is 15.4 Å². The molecule has 0 unspecified atom stereocenters. The molecule has 0 bridgehead atoms. The maximum Gasteiger partial charge on any atom is 0.191 e. The van der Waals surface area contributed by atoms with Gasteiger partial charge in [-0.1, -0.05) is 31.5 Å². The zero-order chi connectivity index (χ0) is 18.8. The first kappa shape index (κ1) is 23.7. The zero-order valence-electron chi connectivity index (χ0n) is 16.6. The molecule has 1 aromatic heterocycles. The van der Waals surface area contributed by atoms with Crippen molar-refractivity contribution in [2.24, 2.45) is 4.99 Å². The summed E-state index contributed by atoms with van der Waals surface area (Å²) < 4.78 is 5.74. The Balaban J connectivity index is 0.00000364. The number of nitrogens with zero attached hydrogens (tertiary/aromatic N) is 2. The van der Waals surface area contributed by atoms with Crippen LogP contribution in [0.4, 0.5) is 0 Å². The predicted octanol–water partition coefficient (Wildman–Crippen LogP) is 4.72. The number of rotatable bonds is 9. The average Bonchev–Trinajstić information content (AvgIpc) is 3.11. The quantitative estimate of drug-likeness (QED) is 0.226. The maximum atomic E-state index is 5.74.